The smallest absolute Gasteiger partial charge is 0.332 e. The number of hydrogen-bond acceptors (Lipinski definition) is 4. The van der Waals surface area contributed by atoms with E-state index in [-0.39, 0.29) is 33.6 Å². The van der Waals surface area contributed by atoms with E-state index < -0.39 is 0 Å². The molecule has 0 bridgehead atoms. The summed E-state index contributed by atoms with van der Waals surface area (Å²) in [6.45, 7) is 0. The van der Waals surface area contributed by atoms with Crippen LogP contribution < -0.4 is 9.46 Å². The lowest BCUT2D eigenvalue weighted by Crippen LogP contribution is -2.39. The molecule has 0 atom stereocenters. The Labute approximate surface area is 101 Å². The van der Waals surface area contributed by atoms with E-state index >= 15 is 0 Å². The number of benzene rings is 2. The van der Waals surface area contributed by atoms with Crippen molar-refractivity contribution >= 4 is 22.1 Å². The van der Waals surface area contributed by atoms with Crippen molar-refractivity contribution in [3.8, 4) is 11.5 Å². The summed E-state index contributed by atoms with van der Waals surface area (Å²) < 4.78 is 0.992. The third kappa shape index (κ3) is 1.22. The van der Waals surface area contributed by atoms with Gasteiger partial charge in [0.1, 0.15) is 5.75 Å². The van der Waals surface area contributed by atoms with E-state index in [0.717, 1.165) is 0 Å². The van der Waals surface area contributed by atoms with E-state index in [9.17, 15) is 20.6 Å². The molecule has 6 heteroatoms. The first-order valence-corrected chi connectivity index (χ1v) is 5.19. The summed E-state index contributed by atoms with van der Waals surface area (Å²) in [5.74, 6) is -0.404. The lowest BCUT2D eigenvalue weighted by Gasteiger charge is -2.08. The highest BCUT2D eigenvalue weighted by atomic mass is 16.5. The predicted molar refractivity (Wildman–Crippen MR) is 62.7 cm³/mol. The lowest BCUT2D eigenvalue weighted by atomic mass is 10.2. The van der Waals surface area contributed by atoms with Crippen molar-refractivity contribution in [2.75, 3.05) is 0 Å². The molecule has 6 nitrogen and oxygen atoms in total. The maximum absolute atomic E-state index is 12.1. The zero-order valence-corrected chi connectivity index (χ0v) is 9.07. The summed E-state index contributed by atoms with van der Waals surface area (Å²) in [4.78, 5) is 0. The first kappa shape index (κ1) is 10.4. The molecule has 2 aromatic carbocycles. The molecule has 1 aromatic heterocycles. The van der Waals surface area contributed by atoms with E-state index in [1.807, 2.05) is 0 Å². The SMILES string of the molecule is [O-][n+]1c2ccc(O)cc2[n+]([O-])c2c(O)cccc21. The average Bonchev–Trinajstić information content (AvgIpc) is 2.35. The Morgan fingerprint density at radius 2 is 1.61 bits per heavy atom. The van der Waals surface area contributed by atoms with E-state index in [4.69, 9.17) is 0 Å². The van der Waals surface area contributed by atoms with Gasteiger partial charge < -0.3 is 20.6 Å². The quantitative estimate of drug-likeness (QED) is 0.345. The van der Waals surface area contributed by atoms with Gasteiger partial charge in [0.05, 0.1) is 6.07 Å². The van der Waals surface area contributed by atoms with Crippen LogP contribution in [0.5, 0.6) is 11.5 Å². The second-order valence-electron chi connectivity index (χ2n) is 3.91. The zero-order valence-electron chi connectivity index (χ0n) is 9.07. The number of phenols is 2. The highest BCUT2D eigenvalue weighted by molar-refractivity contribution is 5.81. The van der Waals surface area contributed by atoms with Gasteiger partial charge in [-0.15, -0.1) is 0 Å². The molecular weight excluding hydrogens is 236 g/mol. The van der Waals surface area contributed by atoms with Crippen LogP contribution in [0.3, 0.4) is 0 Å². The Bertz CT molecular complexity index is 786. The average molecular weight is 244 g/mol. The van der Waals surface area contributed by atoms with Crippen molar-refractivity contribution in [3.05, 3.63) is 46.8 Å². The Kier molecular flexibility index (Phi) is 1.94. The fourth-order valence-electron chi connectivity index (χ4n) is 1.99. The van der Waals surface area contributed by atoms with Crippen LogP contribution in [0, 0.1) is 10.4 Å². The minimum absolute atomic E-state index is 0.000926. The van der Waals surface area contributed by atoms with Gasteiger partial charge >= 0.3 is 5.52 Å². The molecule has 0 aliphatic heterocycles. The number of hydrogen-bond donors (Lipinski definition) is 2. The Morgan fingerprint density at radius 3 is 2.39 bits per heavy atom. The van der Waals surface area contributed by atoms with Crippen LogP contribution in [0.2, 0.25) is 0 Å². The van der Waals surface area contributed by atoms with Crippen LogP contribution in [0.15, 0.2) is 36.4 Å². The van der Waals surface area contributed by atoms with Gasteiger partial charge in [0, 0.05) is 12.1 Å². The molecule has 3 aromatic rings. The molecular formula is C12H8N2O4. The van der Waals surface area contributed by atoms with E-state index in [1.165, 1.54) is 36.4 Å². The first-order chi connectivity index (χ1) is 8.59. The van der Waals surface area contributed by atoms with Crippen molar-refractivity contribution in [2.45, 2.75) is 0 Å². The topological polar surface area (TPSA) is 94.3 Å². The van der Waals surface area contributed by atoms with Crippen molar-refractivity contribution < 1.29 is 19.7 Å². The molecule has 0 radical (unpaired) electrons. The Balaban J connectivity index is 2.66. The molecule has 0 saturated carbocycles. The molecule has 90 valence electrons. The Morgan fingerprint density at radius 1 is 0.833 bits per heavy atom. The van der Waals surface area contributed by atoms with Crippen molar-refractivity contribution in [3.63, 3.8) is 0 Å². The van der Waals surface area contributed by atoms with Crippen molar-refractivity contribution in [2.24, 2.45) is 0 Å². The van der Waals surface area contributed by atoms with Crippen LogP contribution >= 0.6 is 0 Å². The normalized spacial score (nSPS) is 11.1. The minimum atomic E-state index is -0.280. The van der Waals surface area contributed by atoms with Gasteiger partial charge in [0.15, 0.2) is 5.75 Å². The van der Waals surface area contributed by atoms with Crippen molar-refractivity contribution in [1.82, 2.24) is 0 Å². The molecule has 0 spiro atoms. The predicted octanol–water partition coefficient (Wildman–Crippen LogP) is 0.671. The van der Waals surface area contributed by atoms with E-state index in [0.29, 0.717) is 9.46 Å². The molecule has 0 unspecified atom stereocenters. The minimum Gasteiger partial charge on any atom is -0.617 e. The number of fused-ring (bicyclic) bond motifs is 2. The highest BCUT2D eigenvalue weighted by Gasteiger charge is 2.24. The van der Waals surface area contributed by atoms with Gasteiger partial charge in [-0.3, -0.25) is 0 Å². The monoisotopic (exact) mass is 244 g/mol. The van der Waals surface area contributed by atoms with Crippen LogP contribution in [0.1, 0.15) is 0 Å². The molecule has 2 N–H and O–H groups in total. The summed E-state index contributed by atoms with van der Waals surface area (Å²) in [6, 6.07) is 8.12. The van der Waals surface area contributed by atoms with Gasteiger partial charge in [-0.05, 0) is 12.1 Å². The highest BCUT2D eigenvalue weighted by Crippen LogP contribution is 2.22. The molecule has 18 heavy (non-hydrogen) atoms. The lowest BCUT2D eigenvalue weighted by molar-refractivity contribution is -0.591. The molecule has 0 aliphatic carbocycles. The van der Waals surface area contributed by atoms with Crippen molar-refractivity contribution in [1.29, 1.82) is 0 Å². The fraction of sp³-hybridized carbons (Fsp3) is 0. The fourth-order valence-corrected chi connectivity index (χ4v) is 1.99. The van der Waals surface area contributed by atoms with Crippen LogP contribution in [0.25, 0.3) is 22.1 Å². The van der Waals surface area contributed by atoms with Gasteiger partial charge in [0.2, 0.25) is 0 Å². The van der Waals surface area contributed by atoms with Gasteiger partial charge in [0.25, 0.3) is 16.6 Å². The summed E-state index contributed by atoms with van der Waals surface area (Å²) in [7, 11) is 0. The third-order valence-corrected chi connectivity index (χ3v) is 2.81. The van der Waals surface area contributed by atoms with E-state index in [1.54, 1.807) is 0 Å². The number of aromatic hydroxyl groups is 2. The number of phenolic OH excluding ortho intramolecular Hbond substituents is 2. The van der Waals surface area contributed by atoms with Crippen LogP contribution in [-0.2, 0) is 0 Å². The maximum atomic E-state index is 12.1. The van der Waals surface area contributed by atoms with Gasteiger partial charge in [-0.2, -0.15) is 9.46 Å². The van der Waals surface area contributed by atoms with Gasteiger partial charge in [-0.1, -0.05) is 6.07 Å². The number of nitrogens with zero attached hydrogens (tertiary/aromatic N) is 2. The number of rotatable bonds is 0. The summed E-state index contributed by atoms with van der Waals surface area (Å²) in [5.41, 5.74) is 0.0775. The van der Waals surface area contributed by atoms with E-state index in [2.05, 4.69) is 0 Å². The van der Waals surface area contributed by atoms with Crippen LogP contribution in [-0.4, -0.2) is 10.2 Å². The second-order valence-corrected chi connectivity index (χ2v) is 3.91. The molecule has 0 amide bonds. The molecule has 0 saturated heterocycles. The Hall–Kier alpha value is -2.76. The summed E-state index contributed by atoms with van der Waals surface area (Å²) in [6.07, 6.45) is 0. The zero-order chi connectivity index (χ0) is 12.9. The third-order valence-electron chi connectivity index (χ3n) is 2.81. The summed E-state index contributed by atoms with van der Waals surface area (Å²) >= 11 is 0. The maximum Gasteiger partial charge on any atom is 0.332 e. The largest absolute Gasteiger partial charge is 0.617 e. The molecule has 0 fully saturated rings. The van der Waals surface area contributed by atoms with Crippen LogP contribution in [0.4, 0.5) is 0 Å². The second kappa shape index (κ2) is 3.36. The molecule has 3 rings (SSSR count). The first-order valence-electron chi connectivity index (χ1n) is 5.19. The number of aromatic nitrogens is 2. The molecule has 1 heterocycles. The number of para-hydroxylation sites is 1. The van der Waals surface area contributed by atoms with Gasteiger partial charge in [-0.25, -0.2) is 0 Å². The standard InChI is InChI=1S/C12H8N2O4/c15-7-4-5-8-10(6-7)14(18)12-9(13(8)17)2-1-3-11(12)16/h1-6,15-16H. The molecule has 0 aliphatic rings. The summed E-state index contributed by atoms with van der Waals surface area (Å²) in [5, 5.41) is 43.2.